The molecule has 0 radical (unpaired) electrons. The topological polar surface area (TPSA) is 42.0 Å². The van der Waals surface area contributed by atoms with Crippen molar-refractivity contribution in [3.63, 3.8) is 0 Å². The minimum atomic E-state index is -0.532. The number of nitrogens with zero attached hydrogens (tertiary/aromatic N) is 1. The van der Waals surface area contributed by atoms with Crippen LogP contribution in [0.25, 0.3) is 0 Å². The van der Waals surface area contributed by atoms with Gasteiger partial charge in [0, 0.05) is 5.92 Å². The fourth-order valence-corrected chi connectivity index (χ4v) is 2.06. The van der Waals surface area contributed by atoms with Crippen molar-refractivity contribution in [2.24, 2.45) is 5.92 Å². The van der Waals surface area contributed by atoms with E-state index in [-0.39, 0.29) is 11.8 Å². The van der Waals surface area contributed by atoms with Crippen LogP contribution in [0.3, 0.4) is 0 Å². The largest absolute Gasteiger partial charge is 0.324 e. The van der Waals surface area contributed by atoms with E-state index in [2.05, 4.69) is 10.3 Å². The summed E-state index contributed by atoms with van der Waals surface area (Å²) >= 11 is 0. The van der Waals surface area contributed by atoms with Crippen molar-refractivity contribution in [1.29, 1.82) is 0 Å². The van der Waals surface area contributed by atoms with E-state index in [4.69, 9.17) is 0 Å². The highest BCUT2D eigenvalue weighted by Gasteiger charge is 2.20. The highest BCUT2D eigenvalue weighted by atomic mass is 19.1. The molecule has 0 atom stereocenters. The van der Waals surface area contributed by atoms with Crippen molar-refractivity contribution in [2.45, 2.75) is 32.1 Å². The molecule has 1 N–H and O–H groups in total. The van der Waals surface area contributed by atoms with Gasteiger partial charge in [-0.3, -0.25) is 4.79 Å². The summed E-state index contributed by atoms with van der Waals surface area (Å²) in [5.74, 6) is -0.387. The zero-order chi connectivity index (χ0) is 11.4. The maximum absolute atomic E-state index is 12.6. The lowest BCUT2D eigenvalue weighted by atomic mass is 9.88. The third-order valence-electron chi connectivity index (χ3n) is 2.97. The highest BCUT2D eigenvalue weighted by molar-refractivity contribution is 5.92. The first-order chi connectivity index (χ1) is 7.75. The van der Waals surface area contributed by atoms with Crippen molar-refractivity contribution < 1.29 is 9.18 Å². The van der Waals surface area contributed by atoms with E-state index in [9.17, 15) is 9.18 Å². The maximum Gasteiger partial charge on any atom is 0.227 e. The van der Waals surface area contributed by atoms with Crippen molar-refractivity contribution >= 4 is 11.6 Å². The summed E-state index contributed by atoms with van der Waals surface area (Å²) in [6.07, 6.45) is 6.73. The van der Waals surface area contributed by atoms with Crippen LogP contribution in [0.1, 0.15) is 32.1 Å². The Bertz CT molecular complexity index is 358. The smallest absolute Gasteiger partial charge is 0.227 e. The number of aromatic nitrogens is 1. The Morgan fingerprint density at radius 3 is 2.69 bits per heavy atom. The van der Waals surface area contributed by atoms with Gasteiger partial charge in [-0.2, -0.15) is 4.39 Å². The second-order valence-corrected chi connectivity index (χ2v) is 4.19. The van der Waals surface area contributed by atoms with Crippen LogP contribution in [0, 0.1) is 11.9 Å². The molecule has 0 aliphatic heterocycles. The van der Waals surface area contributed by atoms with E-state index in [1.807, 2.05) is 0 Å². The molecule has 0 unspecified atom stereocenters. The number of pyridine rings is 1. The molecule has 2 rings (SSSR count). The molecule has 3 nitrogen and oxygen atoms in total. The molecule has 1 aliphatic carbocycles. The summed E-state index contributed by atoms with van der Waals surface area (Å²) in [6.45, 7) is 0. The van der Waals surface area contributed by atoms with Crippen molar-refractivity contribution in [2.75, 3.05) is 5.32 Å². The van der Waals surface area contributed by atoms with Crippen LogP contribution >= 0.6 is 0 Å². The Kier molecular flexibility index (Phi) is 3.49. The molecule has 1 fully saturated rings. The summed E-state index contributed by atoms with van der Waals surface area (Å²) < 4.78 is 12.6. The van der Waals surface area contributed by atoms with Gasteiger partial charge in [-0.05, 0) is 25.0 Å². The molecular weight excluding hydrogens is 207 g/mol. The molecule has 0 aromatic carbocycles. The zero-order valence-electron chi connectivity index (χ0n) is 9.08. The van der Waals surface area contributed by atoms with Crippen molar-refractivity contribution in [3.8, 4) is 0 Å². The second kappa shape index (κ2) is 5.05. The van der Waals surface area contributed by atoms with E-state index in [1.54, 1.807) is 0 Å². The van der Waals surface area contributed by atoms with Gasteiger partial charge in [-0.1, -0.05) is 19.3 Å². The first kappa shape index (κ1) is 11.0. The molecule has 1 heterocycles. The molecule has 1 saturated carbocycles. The molecule has 16 heavy (non-hydrogen) atoms. The number of anilines is 1. The predicted molar refractivity (Wildman–Crippen MR) is 59.4 cm³/mol. The molecular formula is C12H15FN2O. The Morgan fingerprint density at radius 2 is 2.06 bits per heavy atom. The molecule has 4 heteroatoms. The van der Waals surface area contributed by atoms with Crippen LogP contribution in [-0.2, 0) is 4.79 Å². The Balaban J connectivity index is 1.93. The average Bonchev–Trinajstić information content (AvgIpc) is 2.33. The monoisotopic (exact) mass is 222 g/mol. The number of hydrogen-bond donors (Lipinski definition) is 1. The van der Waals surface area contributed by atoms with Gasteiger partial charge in [-0.25, -0.2) is 4.98 Å². The molecule has 0 saturated heterocycles. The minimum absolute atomic E-state index is 0.0353. The van der Waals surface area contributed by atoms with E-state index in [0.29, 0.717) is 5.69 Å². The molecule has 1 aromatic heterocycles. The van der Waals surface area contributed by atoms with E-state index < -0.39 is 5.95 Å². The minimum Gasteiger partial charge on any atom is -0.324 e. The standard InChI is InChI=1S/C12H15FN2O/c13-11-7-6-10(8-14-11)15-12(16)9-4-2-1-3-5-9/h6-9H,1-5H2,(H,15,16). The fourth-order valence-electron chi connectivity index (χ4n) is 2.06. The fraction of sp³-hybridized carbons (Fsp3) is 0.500. The van der Waals surface area contributed by atoms with Gasteiger partial charge >= 0.3 is 0 Å². The first-order valence-electron chi connectivity index (χ1n) is 5.68. The van der Waals surface area contributed by atoms with Crippen LogP contribution in [0.2, 0.25) is 0 Å². The normalized spacial score (nSPS) is 17.1. The number of carbonyl (C=O) groups is 1. The van der Waals surface area contributed by atoms with Crippen molar-refractivity contribution in [3.05, 3.63) is 24.3 Å². The highest BCUT2D eigenvalue weighted by Crippen LogP contribution is 2.24. The zero-order valence-corrected chi connectivity index (χ0v) is 9.08. The average molecular weight is 222 g/mol. The number of halogens is 1. The summed E-state index contributed by atoms with van der Waals surface area (Å²) in [4.78, 5) is 15.3. The Morgan fingerprint density at radius 1 is 1.31 bits per heavy atom. The molecule has 0 spiro atoms. The molecule has 1 amide bonds. The lowest BCUT2D eigenvalue weighted by Gasteiger charge is -2.20. The van der Waals surface area contributed by atoms with Gasteiger partial charge in [0.1, 0.15) is 0 Å². The molecule has 86 valence electrons. The summed E-state index contributed by atoms with van der Waals surface area (Å²) in [5.41, 5.74) is 0.567. The SMILES string of the molecule is O=C(Nc1ccc(F)nc1)C1CCCCC1. The van der Waals surface area contributed by atoms with Crippen LogP contribution in [0.4, 0.5) is 10.1 Å². The molecule has 1 aromatic rings. The van der Waals surface area contributed by atoms with Crippen LogP contribution in [0.5, 0.6) is 0 Å². The van der Waals surface area contributed by atoms with Crippen LogP contribution in [0.15, 0.2) is 18.3 Å². The number of rotatable bonds is 2. The number of hydrogen-bond acceptors (Lipinski definition) is 2. The third kappa shape index (κ3) is 2.78. The Labute approximate surface area is 94.1 Å². The predicted octanol–water partition coefficient (Wildman–Crippen LogP) is 2.74. The van der Waals surface area contributed by atoms with Gasteiger partial charge in [0.15, 0.2) is 0 Å². The van der Waals surface area contributed by atoms with Gasteiger partial charge < -0.3 is 5.32 Å². The third-order valence-corrected chi connectivity index (χ3v) is 2.97. The van der Waals surface area contributed by atoms with E-state index in [0.717, 1.165) is 25.7 Å². The van der Waals surface area contributed by atoms with Gasteiger partial charge in [-0.15, -0.1) is 0 Å². The van der Waals surface area contributed by atoms with E-state index >= 15 is 0 Å². The first-order valence-corrected chi connectivity index (χ1v) is 5.68. The number of carbonyl (C=O) groups excluding carboxylic acids is 1. The summed E-state index contributed by atoms with van der Waals surface area (Å²) in [6, 6.07) is 2.78. The lowest BCUT2D eigenvalue weighted by Crippen LogP contribution is -2.24. The number of nitrogens with one attached hydrogen (secondary N) is 1. The lowest BCUT2D eigenvalue weighted by molar-refractivity contribution is -0.120. The summed E-state index contributed by atoms with van der Waals surface area (Å²) in [5, 5.41) is 2.77. The quantitative estimate of drug-likeness (QED) is 0.782. The second-order valence-electron chi connectivity index (χ2n) is 4.19. The van der Waals surface area contributed by atoms with Gasteiger partial charge in [0.05, 0.1) is 11.9 Å². The molecule has 0 bridgehead atoms. The molecule has 1 aliphatic rings. The number of amides is 1. The van der Waals surface area contributed by atoms with E-state index in [1.165, 1.54) is 24.8 Å². The van der Waals surface area contributed by atoms with Crippen LogP contribution < -0.4 is 5.32 Å². The van der Waals surface area contributed by atoms with Gasteiger partial charge in [0.25, 0.3) is 0 Å². The van der Waals surface area contributed by atoms with Crippen LogP contribution in [-0.4, -0.2) is 10.9 Å². The maximum atomic E-state index is 12.6. The van der Waals surface area contributed by atoms with Gasteiger partial charge in [0.2, 0.25) is 11.9 Å². The van der Waals surface area contributed by atoms with Crippen molar-refractivity contribution in [1.82, 2.24) is 4.98 Å². The Hall–Kier alpha value is -1.45. The summed E-state index contributed by atoms with van der Waals surface area (Å²) in [7, 11) is 0.